The van der Waals surface area contributed by atoms with Crippen LogP contribution in [0.3, 0.4) is 0 Å². The third-order valence-corrected chi connectivity index (χ3v) is 16.8. The van der Waals surface area contributed by atoms with Crippen molar-refractivity contribution in [2.45, 2.75) is 113 Å². The zero-order chi connectivity index (χ0) is 68.4. The Labute approximate surface area is 540 Å². The largest absolute Gasteiger partial charge is 0.444 e. The van der Waals surface area contributed by atoms with E-state index in [2.05, 4.69) is 46.9 Å². The van der Waals surface area contributed by atoms with Gasteiger partial charge < -0.3 is 56.9 Å². The number of ketones is 1. The monoisotopic (exact) mass is 1310 g/mol. The summed E-state index contributed by atoms with van der Waals surface area (Å²) in [6.45, 7) is 21.7. The fraction of sp³-hybridized carbons (Fsp3) is 0.431. The molecule has 0 atom stereocenters. The molecule has 8 N–H and O–H groups in total. The molecule has 4 fully saturated rings. The minimum atomic E-state index is -3.59. The number of amides is 6. The van der Waals surface area contributed by atoms with Crippen LogP contribution in [-0.2, 0) is 50.3 Å². The summed E-state index contributed by atoms with van der Waals surface area (Å²) in [6, 6.07) is 31.1. The lowest BCUT2D eigenvalue weighted by Crippen LogP contribution is -2.58. The van der Waals surface area contributed by atoms with Crippen molar-refractivity contribution in [3.63, 3.8) is 0 Å². The minimum absolute atomic E-state index is 0.0899. The Morgan fingerprint density at radius 2 is 1.10 bits per heavy atom. The van der Waals surface area contributed by atoms with Gasteiger partial charge in [-0.15, -0.1) is 0 Å². The van der Waals surface area contributed by atoms with Gasteiger partial charge in [-0.2, -0.15) is 0 Å². The van der Waals surface area contributed by atoms with Gasteiger partial charge in [-0.25, -0.2) is 41.0 Å². The number of pyridine rings is 2. The highest BCUT2D eigenvalue weighted by Crippen LogP contribution is 2.28. The summed E-state index contributed by atoms with van der Waals surface area (Å²) in [5.41, 5.74) is 7.79. The number of ether oxygens (including phenoxy) is 2. The second kappa shape index (κ2) is 39.5. The van der Waals surface area contributed by atoms with Crippen LogP contribution in [0.5, 0.6) is 5.75 Å². The lowest BCUT2D eigenvalue weighted by Gasteiger charge is -2.39. The maximum atomic E-state index is 13.0. The molecule has 4 aliphatic rings. The quantitative estimate of drug-likeness (QED) is 0.0337. The third-order valence-electron chi connectivity index (χ3n) is 13.4. The first-order valence-electron chi connectivity index (χ1n) is 30.2. The molecule has 27 heteroatoms. The number of aliphatic imine (C=N–C) groups is 1. The van der Waals surface area contributed by atoms with Crippen molar-refractivity contribution < 1.29 is 59.9 Å². The van der Waals surface area contributed by atoms with Gasteiger partial charge in [0.05, 0.1) is 44.4 Å². The molecular weight excluding hydrogens is 1220 g/mol. The first-order valence-corrected chi connectivity index (χ1v) is 33.5. The summed E-state index contributed by atoms with van der Waals surface area (Å²) in [4.78, 5) is 90.8. The Balaban J connectivity index is 0.000000316. The predicted molar refractivity (Wildman–Crippen MR) is 355 cm³/mol. The third kappa shape index (κ3) is 25.9. The number of nitrogens with one attached hydrogen (secondary N) is 6. The molecule has 6 heterocycles. The van der Waals surface area contributed by atoms with Crippen LogP contribution in [0.15, 0.2) is 136 Å². The van der Waals surface area contributed by atoms with Crippen LogP contribution in [0, 0.1) is 5.92 Å². The van der Waals surface area contributed by atoms with Crippen LogP contribution in [0.25, 0.3) is 21.8 Å². The topological polar surface area (TPSA) is 349 Å². The van der Waals surface area contributed by atoms with E-state index in [1.165, 1.54) is 13.1 Å². The SMILES string of the molecule is CC.CC.CC(C)(C)OC(=O)N1CC(N)C1.CCC(=O)CC1CN(C(=O)c2ccc(CS(=O)(=O)c3cccc4cccnc34)cc2)C1.CN=C=O.CNC(=O)NC1CNC1.CNC(=O)NC1CNC1.O=COc1ccc(CS(=O)(=O)c2cccc3cccnc23)cc1. The first kappa shape index (κ1) is 77.5. The summed E-state index contributed by atoms with van der Waals surface area (Å²) in [5, 5.41) is 18.1. The maximum Gasteiger partial charge on any atom is 0.410 e. The summed E-state index contributed by atoms with van der Waals surface area (Å²) in [5.74, 6) is 0.437. The van der Waals surface area contributed by atoms with Gasteiger partial charge in [0.25, 0.3) is 12.4 Å². The highest BCUT2D eigenvalue weighted by atomic mass is 32.2. The first-order chi connectivity index (χ1) is 43.9. The molecule has 0 saturated carbocycles. The van der Waals surface area contributed by atoms with Gasteiger partial charge in [-0.3, -0.25) is 24.4 Å². The number of carbonyl (C=O) groups excluding carboxylic acids is 7. The lowest BCUT2D eigenvalue weighted by molar-refractivity contribution is -0.121. The molecule has 6 aromatic rings. The number of sulfone groups is 2. The number of urea groups is 2. The Hall–Kier alpha value is -8.72. The number of likely N-dealkylation sites (tertiary alicyclic amines) is 2. The van der Waals surface area contributed by atoms with Gasteiger partial charge in [0.1, 0.15) is 17.1 Å². The van der Waals surface area contributed by atoms with Crippen LogP contribution >= 0.6 is 0 Å². The maximum absolute atomic E-state index is 13.0. The summed E-state index contributed by atoms with van der Waals surface area (Å²) in [6.07, 6.45) is 5.26. The normalized spacial score (nSPS) is 14.0. The summed E-state index contributed by atoms with van der Waals surface area (Å²) < 4.78 is 61.2. The standard InChI is InChI=1S/C24H24N2O4S.C17H13NO4S.C8H16N2O2.2C5H11N3O.C2H3NO.2C2H6/c1-2-21(27)13-18-14-26(15-18)24(28)20-10-8-17(9-11-20)16-31(29,30)22-7-3-5-19-6-4-12-25-23(19)22;19-12-22-15-8-6-13(7-9-15)11-23(20,21)16-5-1-3-14-4-2-10-18-17(14)16;1-8(2,3)12-7(11)10-4-6(9)5-10;2*1-6-5(9)8-4-2-7-3-4;1-3-2-4;2*1-2/h3-12,18H,2,13-16H2,1H3;1-10,12H,11H2;6H,4-5,9H2,1-3H3;2*4,7H,2-3H2,1H3,(H2,6,8,9);1H3;2*1-2H3. The second-order valence-corrected chi connectivity index (χ2v) is 25.4. The van der Waals surface area contributed by atoms with Crippen LogP contribution in [0.2, 0.25) is 0 Å². The number of para-hydroxylation sites is 2. The molecule has 4 aromatic carbocycles. The number of nitrogens with zero attached hydrogens (tertiary/aromatic N) is 5. The van der Waals surface area contributed by atoms with Crippen molar-refractivity contribution >= 4 is 83.9 Å². The smallest absolute Gasteiger partial charge is 0.410 e. The van der Waals surface area contributed by atoms with Gasteiger partial charge in [-0.1, -0.05) is 95.3 Å². The number of Topliss-reactive ketones (excluding diaryl/α,β-unsaturated/α-hetero) is 1. The molecule has 6 amide bonds. The number of isocyanates is 1. The van der Waals surface area contributed by atoms with Crippen molar-refractivity contribution in [2.75, 3.05) is 73.5 Å². The Kier molecular flexibility index (Phi) is 33.3. The Bertz CT molecular complexity index is 3550. The average molecular weight is 1310 g/mol. The van der Waals surface area contributed by atoms with E-state index < -0.39 is 25.3 Å². The molecule has 0 spiro atoms. The van der Waals surface area contributed by atoms with E-state index in [1.807, 2.05) is 79.7 Å². The fourth-order valence-electron chi connectivity index (χ4n) is 8.51. The molecule has 4 aliphatic heterocycles. The number of hydrogen-bond acceptors (Lipinski definition) is 19. The number of hydrogen-bond donors (Lipinski definition) is 7. The van der Waals surface area contributed by atoms with Crippen LogP contribution in [0.4, 0.5) is 14.4 Å². The van der Waals surface area contributed by atoms with E-state index in [-0.39, 0.29) is 63.1 Å². The highest BCUT2D eigenvalue weighted by molar-refractivity contribution is 7.91. The number of benzene rings is 4. The van der Waals surface area contributed by atoms with Gasteiger partial charge >= 0.3 is 18.2 Å². The number of rotatable bonds is 14. The van der Waals surface area contributed by atoms with Crippen molar-refractivity contribution in [1.29, 1.82) is 0 Å². The summed E-state index contributed by atoms with van der Waals surface area (Å²) in [7, 11) is -2.52. The van der Waals surface area contributed by atoms with Crippen LogP contribution < -0.4 is 42.4 Å². The number of aromatic nitrogens is 2. The van der Waals surface area contributed by atoms with Crippen molar-refractivity contribution in [3.8, 4) is 5.75 Å². The zero-order valence-electron chi connectivity index (χ0n) is 54.4. The molecule has 0 radical (unpaired) electrons. The molecule has 10 rings (SSSR count). The van der Waals surface area contributed by atoms with Crippen LogP contribution in [-0.4, -0.2) is 176 Å². The Morgan fingerprint density at radius 1 is 0.674 bits per heavy atom. The van der Waals surface area contributed by atoms with Gasteiger partial charge in [0.15, 0.2) is 19.7 Å². The molecule has 0 unspecified atom stereocenters. The van der Waals surface area contributed by atoms with Crippen molar-refractivity contribution in [2.24, 2.45) is 16.6 Å². The number of carbonyl (C=O) groups is 6. The summed E-state index contributed by atoms with van der Waals surface area (Å²) >= 11 is 0. The predicted octanol–water partition coefficient (Wildman–Crippen LogP) is 6.74. The molecule has 2 aromatic heterocycles. The van der Waals surface area contributed by atoms with E-state index in [4.69, 9.17) is 20.0 Å². The van der Waals surface area contributed by atoms with Gasteiger partial charge in [0.2, 0.25) is 6.08 Å². The van der Waals surface area contributed by atoms with E-state index in [0.717, 1.165) is 37.0 Å². The van der Waals surface area contributed by atoms with Crippen molar-refractivity contribution in [3.05, 3.63) is 138 Å². The average Bonchev–Trinajstić information content (AvgIpc) is 0.849. The fourth-order valence-corrected chi connectivity index (χ4v) is 11.6. The van der Waals surface area contributed by atoms with Crippen LogP contribution in [0.1, 0.15) is 89.7 Å². The zero-order valence-corrected chi connectivity index (χ0v) is 56.0. The van der Waals surface area contributed by atoms with Gasteiger partial charge in [-0.05, 0) is 80.4 Å². The lowest BCUT2D eigenvalue weighted by atomic mass is 9.92. The minimum Gasteiger partial charge on any atom is -0.444 e. The van der Waals surface area contributed by atoms with E-state index in [9.17, 15) is 45.6 Å². The number of nitrogens with two attached hydrogens (primary N) is 1. The van der Waals surface area contributed by atoms with Gasteiger partial charge in [0, 0.05) is 127 Å². The van der Waals surface area contributed by atoms with E-state index in [0.29, 0.717) is 91.0 Å². The Morgan fingerprint density at radius 3 is 1.46 bits per heavy atom. The highest BCUT2D eigenvalue weighted by Gasteiger charge is 2.33. The van der Waals surface area contributed by atoms with E-state index >= 15 is 0 Å². The molecular formula is C65H90N12O13S2. The molecule has 92 heavy (non-hydrogen) atoms. The number of fused-ring (bicyclic) bond motifs is 2. The molecule has 0 aliphatic carbocycles. The van der Waals surface area contributed by atoms with Crippen molar-refractivity contribution in [1.82, 2.24) is 51.7 Å². The molecule has 4 saturated heterocycles. The molecule has 500 valence electrons. The second-order valence-electron chi connectivity index (χ2n) is 21.5. The molecule has 25 nitrogen and oxygen atoms in total. The van der Waals surface area contributed by atoms with E-state index in [1.54, 1.807) is 121 Å². The molecule has 0 bridgehead atoms.